The van der Waals surface area contributed by atoms with Crippen LogP contribution >= 0.6 is 0 Å². The van der Waals surface area contributed by atoms with Gasteiger partial charge in [-0.1, -0.05) is 69.7 Å². The molecular formula is C26H33NO3. The number of allylic oxidation sites excluding steroid dienone is 1. The van der Waals surface area contributed by atoms with Crippen molar-refractivity contribution >= 4 is 17.9 Å². The van der Waals surface area contributed by atoms with Crippen molar-refractivity contribution in [3.05, 3.63) is 71.8 Å². The van der Waals surface area contributed by atoms with Gasteiger partial charge in [0.15, 0.2) is 0 Å². The molecule has 0 saturated carbocycles. The third kappa shape index (κ3) is 9.55. The van der Waals surface area contributed by atoms with Crippen LogP contribution in [0.4, 0.5) is 5.69 Å². The van der Waals surface area contributed by atoms with Crippen molar-refractivity contribution < 1.29 is 14.6 Å². The zero-order valence-electron chi connectivity index (χ0n) is 17.9. The molecule has 0 aromatic heterocycles. The number of rotatable bonds is 13. The monoisotopic (exact) mass is 407 g/mol. The van der Waals surface area contributed by atoms with E-state index in [0.29, 0.717) is 12.2 Å². The lowest BCUT2D eigenvalue weighted by Gasteiger charge is -2.02. The van der Waals surface area contributed by atoms with Crippen molar-refractivity contribution in [2.45, 2.75) is 58.3 Å². The van der Waals surface area contributed by atoms with Crippen LogP contribution < -0.4 is 0 Å². The summed E-state index contributed by atoms with van der Waals surface area (Å²) in [6, 6.07) is 13.8. The molecule has 0 saturated heterocycles. The van der Waals surface area contributed by atoms with Crippen LogP contribution in [0.2, 0.25) is 0 Å². The number of hydrogen-bond donors (Lipinski definition) is 1. The lowest BCUT2D eigenvalue weighted by atomic mass is 10.1. The first-order chi connectivity index (χ1) is 14.7. The van der Waals surface area contributed by atoms with Gasteiger partial charge < -0.3 is 9.84 Å². The van der Waals surface area contributed by atoms with Crippen LogP contribution in [-0.4, -0.2) is 23.9 Å². The smallest absolute Gasteiger partial charge is 0.338 e. The summed E-state index contributed by atoms with van der Waals surface area (Å²) in [5.74, 6) is -0.109. The molecule has 2 aromatic rings. The maximum absolute atomic E-state index is 12.1. The summed E-state index contributed by atoms with van der Waals surface area (Å²) in [5, 5.41) is 9.28. The summed E-state index contributed by atoms with van der Waals surface area (Å²) >= 11 is 0. The third-order valence-corrected chi connectivity index (χ3v) is 4.81. The second kappa shape index (κ2) is 14.2. The van der Waals surface area contributed by atoms with Gasteiger partial charge in [0.05, 0.1) is 11.3 Å². The molecule has 1 N–H and O–H groups in total. The van der Waals surface area contributed by atoms with Gasteiger partial charge in [0, 0.05) is 6.21 Å². The van der Waals surface area contributed by atoms with E-state index in [0.717, 1.165) is 17.7 Å². The summed E-state index contributed by atoms with van der Waals surface area (Å²) in [5.41, 5.74) is 2.16. The Labute approximate surface area is 180 Å². The van der Waals surface area contributed by atoms with Crippen molar-refractivity contribution in [2.75, 3.05) is 6.61 Å². The van der Waals surface area contributed by atoms with E-state index in [-0.39, 0.29) is 11.7 Å². The fourth-order valence-corrected chi connectivity index (χ4v) is 3.01. The van der Waals surface area contributed by atoms with Crippen LogP contribution in [0.1, 0.15) is 74.2 Å². The number of unbranched alkanes of at least 4 members (excludes halogenated alkanes) is 7. The molecule has 0 aliphatic heterocycles. The number of aliphatic imine (C=N–C) groups is 1. The van der Waals surface area contributed by atoms with Gasteiger partial charge in [-0.25, -0.2) is 4.79 Å². The topological polar surface area (TPSA) is 58.9 Å². The molecule has 0 fully saturated rings. The largest absolute Gasteiger partial charge is 0.508 e. The number of phenols is 1. The highest BCUT2D eigenvalue weighted by molar-refractivity contribution is 5.91. The molecule has 0 aliphatic rings. The van der Waals surface area contributed by atoms with E-state index in [4.69, 9.17) is 4.74 Å². The fourth-order valence-electron chi connectivity index (χ4n) is 3.01. The number of hydrogen-bond acceptors (Lipinski definition) is 4. The molecule has 30 heavy (non-hydrogen) atoms. The Morgan fingerprint density at radius 2 is 1.57 bits per heavy atom. The first-order valence-electron chi connectivity index (χ1n) is 10.9. The number of aromatic hydroxyl groups is 1. The Hall–Kier alpha value is -2.88. The van der Waals surface area contributed by atoms with E-state index in [9.17, 15) is 9.90 Å². The van der Waals surface area contributed by atoms with Crippen LogP contribution in [0, 0.1) is 0 Å². The maximum atomic E-state index is 12.1. The normalized spacial score (nSPS) is 11.4. The lowest BCUT2D eigenvalue weighted by Crippen LogP contribution is -2.05. The van der Waals surface area contributed by atoms with Crippen LogP contribution in [0.3, 0.4) is 0 Å². The number of benzene rings is 2. The first-order valence-corrected chi connectivity index (χ1v) is 10.9. The molecule has 160 valence electrons. The Morgan fingerprint density at radius 3 is 2.27 bits per heavy atom. The molecule has 2 rings (SSSR count). The molecule has 0 aliphatic carbocycles. The quantitative estimate of drug-likeness (QED) is 0.168. The predicted molar refractivity (Wildman–Crippen MR) is 124 cm³/mol. The fraction of sp³-hybridized carbons (Fsp3) is 0.385. The van der Waals surface area contributed by atoms with Crippen molar-refractivity contribution in [1.29, 1.82) is 0 Å². The van der Waals surface area contributed by atoms with Crippen molar-refractivity contribution in [2.24, 2.45) is 4.99 Å². The van der Waals surface area contributed by atoms with E-state index < -0.39 is 0 Å². The Bertz CT molecular complexity index is 792. The van der Waals surface area contributed by atoms with E-state index >= 15 is 0 Å². The third-order valence-electron chi connectivity index (χ3n) is 4.81. The average Bonchev–Trinajstić information content (AvgIpc) is 2.77. The zero-order chi connectivity index (χ0) is 21.4. The van der Waals surface area contributed by atoms with Crippen LogP contribution in [0.15, 0.2) is 65.7 Å². The second-order valence-electron chi connectivity index (χ2n) is 7.38. The molecule has 4 heteroatoms. The van der Waals surface area contributed by atoms with Crippen LogP contribution in [0.5, 0.6) is 5.75 Å². The van der Waals surface area contributed by atoms with Crippen molar-refractivity contribution in [1.82, 2.24) is 0 Å². The number of ether oxygens (including phenoxy) is 1. The van der Waals surface area contributed by atoms with E-state index in [2.05, 4.69) is 18.0 Å². The number of carbonyl (C=O) groups excluding carboxylic acids is 1. The molecule has 0 spiro atoms. The van der Waals surface area contributed by atoms with Gasteiger partial charge >= 0.3 is 5.97 Å². The highest BCUT2D eigenvalue weighted by Gasteiger charge is 2.05. The summed E-state index contributed by atoms with van der Waals surface area (Å²) in [6.07, 6.45) is 15.9. The molecule has 0 radical (unpaired) electrons. The molecule has 0 heterocycles. The summed E-state index contributed by atoms with van der Waals surface area (Å²) in [4.78, 5) is 16.5. The van der Waals surface area contributed by atoms with Gasteiger partial charge in [-0.3, -0.25) is 4.99 Å². The standard InChI is InChI=1S/C26H33NO3/c1-2-3-4-5-6-7-8-9-10-11-20-30-26(29)23-14-12-22(13-15-23)21-27-24-16-18-25(28)19-17-24/h10-19,21,28H,2-9,20H2,1H3/b11-10+,27-21?. The minimum absolute atomic E-state index is 0.212. The Morgan fingerprint density at radius 1 is 0.900 bits per heavy atom. The van der Waals surface area contributed by atoms with Gasteiger partial charge in [0.2, 0.25) is 0 Å². The number of esters is 1. The lowest BCUT2D eigenvalue weighted by molar-refractivity contribution is 0.0549. The summed E-state index contributed by atoms with van der Waals surface area (Å²) in [7, 11) is 0. The molecule has 4 nitrogen and oxygen atoms in total. The SMILES string of the molecule is CCCCCCCCC/C=C/COC(=O)c1ccc(C=Nc2ccc(O)cc2)cc1. The molecule has 0 atom stereocenters. The molecule has 2 aromatic carbocycles. The molecular weight excluding hydrogens is 374 g/mol. The van der Waals surface area contributed by atoms with E-state index in [1.807, 2.05) is 18.2 Å². The minimum Gasteiger partial charge on any atom is -0.508 e. The van der Waals surface area contributed by atoms with Crippen molar-refractivity contribution in [3.63, 3.8) is 0 Å². The number of nitrogens with zero attached hydrogens (tertiary/aromatic N) is 1. The highest BCUT2D eigenvalue weighted by atomic mass is 16.5. The van der Waals surface area contributed by atoms with Gasteiger partial charge in [0.25, 0.3) is 0 Å². The average molecular weight is 408 g/mol. The number of carbonyl (C=O) groups is 1. The number of phenolic OH excluding ortho intramolecular Hbond substituents is 1. The van der Waals surface area contributed by atoms with Gasteiger partial charge in [-0.05, 0) is 54.8 Å². The van der Waals surface area contributed by atoms with E-state index in [1.165, 1.54) is 44.9 Å². The first kappa shape index (κ1) is 23.4. The van der Waals surface area contributed by atoms with E-state index in [1.54, 1.807) is 42.6 Å². The molecule has 0 amide bonds. The highest BCUT2D eigenvalue weighted by Crippen LogP contribution is 2.16. The van der Waals surface area contributed by atoms with Gasteiger partial charge in [-0.15, -0.1) is 0 Å². The minimum atomic E-state index is -0.322. The predicted octanol–water partition coefficient (Wildman–Crippen LogP) is 7.00. The summed E-state index contributed by atoms with van der Waals surface area (Å²) in [6.45, 7) is 2.54. The summed E-state index contributed by atoms with van der Waals surface area (Å²) < 4.78 is 5.30. The maximum Gasteiger partial charge on any atom is 0.338 e. The molecule has 0 bridgehead atoms. The van der Waals surface area contributed by atoms with Gasteiger partial charge in [-0.2, -0.15) is 0 Å². The van der Waals surface area contributed by atoms with Crippen LogP contribution in [-0.2, 0) is 4.74 Å². The molecule has 0 unspecified atom stereocenters. The van der Waals surface area contributed by atoms with Crippen LogP contribution in [0.25, 0.3) is 0 Å². The zero-order valence-corrected chi connectivity index (χ0v) is 17.9. The van der Waals surface area contributed by atoms with Crippen molar-refractivity contribution in [3.8, 4) is 5.75 Å². The second-order valence-corrected chi connectivity index (χ2v) is 7.38. The Kier molecular flexibility index (Phi) is 11.0. The Balaban J connectivity index is 1.64. The van der Waals surface area contributed by atoms with Gasteiger partial charge in [0.1, 0.15) is 12.4 Å².